The Balaban J connectivity index is 2.25. The third kappa shape index (κ3) is 1.81. The zero-order valence-corrected chi connectivity index (χ0v) is 7.66. The first-order valence-corrected chi connectivity index (χ1v) is 4.69. The summed E-state index contributed by atoms with van der Waals surface area (Å²) in [6, 6.07) is 5.72. The lowest BCUT2D eigenvalue weighted by Crippen LogP contribution is -2.16. The van der Waals surface area contributed by atoms with E-state index in [1.54, 1.807) is 16.4 Å². The summed E-state index contributed by atoms with van der Waals surface area (Å²) >= 11 is 1.31. The smallest absolute Gasteiger partial charge is 0.200 e. The summed E-state index contributed by atoms with van der Waals surface area (Å²) in [6.45, 7) is 0.573. The second kappa shape index (κ2) is 3.49. The third-order valence-corrected chi connectivity index (χ3v) is 2.26. The minimum atomic E-state index is 0.450. The molecule has 2 heterocycles. The predicted octanol–water partition coefficient (Wildman–Crippen LogP) is 0.867. The molecule has 0 aliphatic carbocycles. The number of nitrogens with zero attached hydrogens (tertiary/aromatic N) is 3. The van der Waals surface area contributed by atoms with Crippen molar-refractivity contribution >= 4 is 11.3 Å². The molecule has 0 saturated carbocycles. The van der Waals surface area contributed by atoms with Crippen LogP contribution in [0.25, 0.3) is 0 Å². The number of nitrogens with one attached hydrogen (secondary N) is 1. The third-order valence-electron chi connectivity index (χ3n) is 1.62. The first kappa shape index (κ1) is 8.12. The number of aromatic nitrogens is 3. The molecule has 0 aromatic carbocycles. The quantitative estimate of drug-likeness (QED) is 0.767. The maximum Gasteiger partial charge on any atom is 0.200 e. The number of hydrogen-bond acceptors (Lipinski definition) is 4. The summed E-state index contributed by atoms with van der Waals surface area (Å²) < 4.78 is 1.62. The van der Waals surface area contributed by atoms with Gasteiger partial charge in [0.15, 0.2) is 4.80 Å². The van der Waals surface area contributed by atoms with Crippen molar-refractivity contribution in [3.05, 3.63) is 40.4 Å². The van der Waals surface area contributed by atoms with Gasteiger partial charge < -0.3 is 0 Å². The lowest BCUT2D eigenvalue weighted by Gasteiger charge is -1.98. The molecule has 66 valence electrons. The maximum absolute atomic E-state index is 7.49. The van der Waals surface area contributed by atoms with Crippen molar-refractivity contribution in [3.63, 3.8) is 0 Å². The molecule has 0 unspecified atom stereocenters. The van der Waals surface area contributed by atoms with Crippen LogP contribution < -0.4 is 4.80 Å². The van der Waals surface area contributed by atoms with Crippen molar-refractivity contribution in [1.82, 2.24) is 14.8 Å². The second-order valence-corrected chi connectivity index (χ2v) is 3.36. The average molecular weight is 192 g/mol. The highest BCUT2D eigenvalue weighted by Gasteiger charge is 1.97. The highest BCUT2D eigenvalue weighted by molar-refractivity contribution is 7.06. The van der Waals surface area contributed by atoms with Crippen LogP contribution in [0, 0.1) is 5.41 Å². The average Bonchev–Trinajstić information content (AvgIpc) is 2.54. The minimum Gasteiger partial charge on any atom is -0.274 e. The van der Waals surface area contributed by atoms with Crippen LogP contribution in [0.3, 0.4) is 0 Å². The molecule has 0 bridgehead atoms. The van der Waals surface area contributed by atoms with E-state index >= 15 is 0 Å². The maximum atomic E-state index is 7.49. The lowest BCUT2D eigenvalue weighted by atomic mass is 10.3. The Morgan fingerprint density at radius 1 is 1.46 bits per heavy atom. The van der Waals surface area contributed by atoms with E-state index in [1.165, 1.54) is 11.3 Å². The van der Waals surface area contributed by atoms with Gasteiger partial charge in [-0.25, -0.2) is 4.68 Å². The monoisotopic (exact) mass is 192 g/mol. The standard InChI is InChI=1S/C8H8N4S/c9-8-12(11-6-13-8)5-7-3-1-2-4-10-7/h1-4,6,9H,5H2. The van der Waals surface area contributed by atoms with Crippen LogP contribution in [-0.4, -0.2) is 14.8 Å². The normalized spacial score (nSPS) is 10.2. The van der Waals surface area contributed by atoms with Crippen molar-refractivity contribution in [1.29, 1.82) is 5.41 Å². The molecule has 2 aromatic rings. The van der Waals surface area contributed by atoms with Crippen LogP contribution in [0.5, 0.6) is 0 Å². The van der Waals surface area contributed by atoms with E-state index in [0.717, 1.165) is 5.69 Å². The summed E-state index contributed by atoms with van der Waals surface area (Å²) in [7, 11) is 0. The van der Waals surface area contributed by atoms with Gasteiger partial charge in [-0.1, -0.05) is 17.4 Å². The topological polar surface area (TPSA) is 54.6 Å². The van der Waals surface area contributed by atoms with E-state index in [-0.39, 0.29) is 0 Å². The van der Waals surface area contributed by atoms with Gasteiger partial charge in [0.2, 0.25) is 0 Å². The first-order chi connectivity index (χ1) is 6.36. The van der Waals surface area contributed by atoms with Gasteiger partial charge in [0.05, 0.1) is 12.2 Å². The van der Waals surface area contributed by atoms with E-state index < -0.39 is 0 Å². The Morgan fingerprint density at radius 2 is 2.38 bits per heavy atom. The van der Waals surface area contributed by atoms with Crippen molar-refractivity contribution in [3.8, 4) is 0 Å². The van der Waals surface area contributed by atoms with Gasteiger partial charge in [-0.2, -0.15) is 5.10 Å². The summed E-state index contributed by atoms with van der Waals surface area (Å²) in [5.41, 5.74) is 2.58. The molecule has 2 aromatic heterocycles. The van der Waals surface area contributed by atoms with Gasteiger partial charge in [-0.15, -0.1) is 0 Å². The van der Waals surface area contributed by atoms with Crippen molar-refractivity contribution in [2.24, 2.45) is 0 Å². The molecule has 0 saturated heterocycles. The minimum absolute atomic E-state index is 0.450. The molecule has 0 spiro atoms. The summed E-state index contributed by atoms with van der Waals surface area (Å²) in [5, 5.41) is 11.5. The molecule has 0 radical (unpaired) electrons. The van der Waals surface area contributed by atoms with Crippen molar-refractivity contribution in [2.45, 2.75) is 6.54 Å². The molecular formula is C8H8N4S. The van der Waals surface area contributed by atoms with E-state index in [1.807, 2.05) is 18.2 Å². The number of pyridine rings is 1. The summed E-state index contributed by atoms with van der Waals surface area (Å²) in [6.07, 6.45) is 1.74. The first-order valence-electron chi connectivity index (χ1n) is 3.81. The van der Waals surface area contributed by atoms with Crippen LogP contribution in [0.1, 0.15) is 5.69 Å². The van der Waals surface area contributed by atoms with Gasteiger partial charge >= 0.3 is 0 Å². The molecule has 4 nitrogen and oxygen atoms in total. The Morgan fingerprint density at radius 3 is 3.00 bits per heavy atom. The molecule has 0 aliphatic heterocycles. The molecule has 5 heteroatoms. The van der Waals surface area contributed by atoms with Gasteiger partial charge in [0.25, 0.3) is 0 Å². The van der Waals surface area contributed by atoms with Gasteiger partial charge in [-0.05, 0) is 12.1 Å². The Bertz CT molecular complexity index is 431. The molecule has 1 N–H and O–H groups in total. The highest BCUT2D eigenvalue weighted by atomic mass is 32.1. The Kier molecular flexibility index (Phi) is 2.18. The summed E-state index contributed by atoms with van der Waals surface area (Å²) in [4.78, 5) is 4.60. The van der Waals surface area contributed by atoms with Gasteiger partial charge in [-0.3, -0.25) is 10.4 Å². The van der Waals surface area contributed by atoms with Crippen molar-refractivity contribution in [2.75, 3.05) is 0 Å². The molecule has 0 fully saturated rings. The zero-order chi connectivity index (χ0) is 9.10. The van der Waals surface area contributed by atoms with Gasteiger partial charge in [0.1, 0.15) is 5.51 Å². The van der Waals surface area contributed by atoms with Gasteiger partial charge in [0, 0.05) is 6.20 Å². The molecule has 0 amide bonds. The SMILES string of the molecule is N=c1scnn1Cc1ccccn1. The Labute approximate surface area is 79.0 Å². The largest absolute Gasteiger partial charge is 0.274 e. The van der Waals surface area contributed by atoms with Crippen LogP contribution in [-0.2, 0) is 6.54 Å². The second-order valence-electron chi connectivity index (χ2n) is 2.52. The highest BCUT2D eigenvalue weighted by Crippen LogP contribution is 1.95. The lowest BCUT2D eigenvalue weighted by molar-refractivity contribution is 0.637. The fourth-order valence-electron chi connectivity index (χ4n) is 1.00. The predicted molar refractivity (Wildman–Crippen MR) is 49.3 cm³/mol. The van der Waals surface area contributed by atoms with Crippen LogP contribution >= 0.6 is 11.3 Å². The number of hydrogen-bond donors (Lipinski definition) is 1. The van der Waals surface area contributed by atoms with E-state index in [9.17, 15) is 0 Å². The van der Waals surface area contributed by atoms with E-state index in [0.29, 0.717) is 11.3 Å². The zero-order valence-electron chi connectivity index (χ0n) is 6.84. The molecule has 0 aliphatic rings. The fraction of sp³-hybridized carbons (Fsp3) is 0.125. The fourth-order valence-corrected chi connectivity index (χ4v) is 1.50. The van der Waals surface area contributed by atoms with E-state index in [4.69, 9.17) is 5.41 Å². The molecule has 0 atom stereocenters. The molecule has 13 heavy (non-hydrogen) atoms. The molecular weight excluding hydrogens is 184 g/mol. The molecule has 2 rings (SSSR count). The van der Waals surface area contributed by atoms with Crippen LogP contribution in [0.2, 0.25) is 0 Å². The summed E-state index contributed by atoms with van der Waals surface area (Å²) in [5.74, 6) is 0. The van der Waals surface area contributed by atoms with Crippen LogP contribution in [0.4, 0.5) is 0 Å². The number of rotatable bonds is 2. The van der Waals surface area contributed by atoms with Crippen LogP contribution in [0.15, 0.2) is 29.9 Å². The Hall–Kier alpha value is -1.49. The van der Waals surface area contributed by atoms with E-state index in [2.05, 4.69) is 10.1 Å². The van der Waals surface area contributed by atoms with Crippen molar-refractivity contribution < 1.29 is 0 Å².